The predicted molar refractivity (Wildman–Crippen MR) is 54.8 cm³/mol. The first-order valence-corrected chi connectivity index (χ1v) is 4.90. The number of ether oxygens (including phenoxy) is 2. The van der Waals surface area contributed by atoms with Crippen LogP contribution in [0.1, 0.15) is 17.2 Å². The predicted octanol–water partition coefficient (Wildman–Crippen LogP) is 0.884. The Morgan fingerprint density at radius 1 is 1.38 bits per heavy atom. The number of aliphatic hydroxyl groups excluding tert-OH is 1. The van der Waals surface area contributed by atoms with Crippen LogP contribution in [0.15, 0.2) is 12.1 Å². The van der Waals surface area contributed by atoms with E-state index in [4.69, 9.17) is 14.6 Å². The second-order valence-electron chi connectivity index (χ2n) is 3.60. The standard InChI is InChI=1S/C11H12O5/c1-6-4-7(9(12)11(13)14)5-8-10(6)16-3-2-15-8/h4-5,9,12H,2-3H2,1H3,(H,13,14). The third-order valence-electron chi connectivity index (χ3n) is 2.40. The first-order chi connectivity index (χ1) is 7.59. The number of hydrogen-bond donors (Lipinski definition) is 2. The van der Waals surface area contributed by atoms with Crippen LogP contribution in [0, 0.1) is 6.92 Å². The van der Waals surface area contributed by atoms with E-state index in [1.807, 2.05) is 0 Å². The number of aliphatic hydroxyl groups is 1. The van der Waals surface area contributed by atoms with E-state index in [2.05, 4.69) is 0 Å². The normalized spacial score (nSPS) is 15.6. The molecule has 0 bridgehead atoms. The van der Waals surface area contributed by atoms with E-state index >= 15 is 0 Å². The van der Waals surface area contributed by atoms with Crippen molar-refractivity contribution in [3.8, 4) is 11.5 Å². The SMILES string of the molecule is Cc1cc(C(O)C(=O)O)cc2c1OCCO2. The van der Waals surface area contributed by atoms with E-state index in [0.29, 0.717) is 30.3 Å². The number of hydrogen-bond acceptors (Lipinski definition) is 4. The number of rotatable bonds is 2. The van der Waals surface area contributed by atoms with Gasteiger partial charge in [0.1, 0.15) is 13.2 Å². The third kappa shape index (κ3) is 1.81. The minimum Gasteiger partial charge on any atom is -0.486 e. The summed E-state index contributed by atoms with van der Waals surface area (Å²) in [6, 6.07) is 3.09. The summed E-state index contributed by atoms with van der Waals surface area (Å²) in [7, 11) is 0. The van der Waals surface area contributed by atoms with Gasteiger partial charge in [-0.3, -0.25) is 0 Å². The summed E-state index contributed by atoms with van der Waals surface area (Å²) in [5, 5.41) is 18.1. The molecule has 0 aliphatic carbocycles. The number of aryl methyl sites for hydroxylation is 1. The summed E-state index contributed by atoms with van der Waals surface area (Å²) < 4.78 is 10.7. The molecule has 0 fully saturated rings. The highest BCUT2D eigenvalue weighted by molar-refractivity contribution is 5.74. The van der Waals surface area contributed by atoms with Crippen molar-refractivity contribution in [2.75, 3.05) is 13.2 Å². The van der Waals surface area contributed by atoms with E-state index in [1.165, 1.54) is 6.07 Å². The van der Waals surface area contributed by atoms with Crippen LogP contribution in [-0.4, -0.2) is 29.4 Å². The van der Waals surface area contributed by atoms with Gasteiger partial charge in [0.2, 0.25) is 0 Å². The zero-order valence-corrected chi connectivity index (χ0v) is 8.77. The van der Waals surface area contributed by atoms with E-state index in [0.717, 1.165) is 5.56 Å². The molecule has 86 valence electrons. The van der Waals surface area contributed by atoms with Crippen molar-refractivity contribution in [1.29, 1.82) is 0 Å². The van der Waals surface area contributed by atoms with Crippen molar-refractivity contribution in [2.24, 2.45) is 0 Å². The smallest absolute Gasteiger partial charge is 0.337 e. The van der Waals surface area contributed by atoms with Crippen LogP contribution >= 0.6 is 0 Å². The largest absolute Gasteiger partial charge is 0.486 e. The number of carbonyl (C=O) groups is 1. The Kier molecular flexibility index (Phi) is 2.70. The Morgan fingerprint density at radius 3 is 2.75 bits per heavy atom. The van der Waals surface area contributed by atoms with Crippen LogP contribution in [0.2, 0.25) is 0 Å². The molecule has 16 heavy (non-hydrogen) atoms. The number of carboxylic acids is 1. The van der Waals surface area contributed by atoms with Gasteiger partial charge in [-0.1, -0.05) is 0 Å². The molecule has 0 amide bonds. The molecule has 1 heterocycles. The van der Waals surface area contributed by atoms with Gasteiger partial charge in [-0.25, -0.2) is 4.79 Å². The fraction of sp³-hybridized carbons (Fsp3) is 0.364. The molecule has 0 radical (unpaired) electrons. The summed E-state index contributed by atoms with van der Waals surface area (Å²) >= 11 is 0. The summed E-state index contributed by atoms with van der Waals surface area (Å²) in [6.07, 6.45) is -1.53. The lowest BCUT2D eigenvalue weighted by Crippen LogP contribution is -2.17. The van der Waals surface area contributed by atoms with Crippen LogP contribution in [0.3, 0.4) is 0 Å². The molecule has 2 rings (SSSR count). The van der Waals surface area contributed by atoms with E-state index in [-0.39, 0.29) is 0 Å². The Morgan fingerprint density at radius 2 is 2.06 bits per heavy atom. The van der Waals surface area contributed by atoms with Crippen molar-refractivity contribution >= 4 is 5.97 Å². The molecule has 1 aliphatic rings. The number of carboxylic acid groups (broad SMARTS) is 1. The lowest BCUT2D eigenvalue weighted by Gasteiger charge is -2.21. The average molecular weight is 224 g/mol. The summed E-state index contributed by atoms with van der Waals surface area (Å²) in [4.78, 5) is 10.7. The second-order valence-corrected chi connectivity index (χ2v) is 3.60. The van der Waals surface area contributed by atoms with Crippen LogP contribution < -0.4 is 9.47 Å². The Balaban J connectivity index is 2.42. The maximum absolute atomic E-state index is 10.7. The lowest BCUT2D eigenvalue weighted by molar-refractivity contribution is -0.146. The van der Waals surface area contributed by atoms with Gasteiger partial charge in [-0.2, -0.15) is 0 Å². The van der Waals surface area contributed by atoms with Crippen molar-refractivity contribution in [1.82, 2.24) is 0 Å². The highest BCUT2D eigenvalue weighted by Crippen LogP contribution is 2.36. The first-order valence-electron chi connectivity index (χ1n) is 4.90. The van der Waals surface area contributed by atoms with Crippen molar-refractivity contribution in [3.05, 3.63) is 23.3 Å². The monoisotopic (exact) mass is 224 g/mol. The van der Waals surface area contributed by atoms with Crippen LogP contribution in [0.4, 0.5) is 0 Å². The van der Waals surface area contributed by atoms with Gasteiger partial charge < -0.3 is 19.7 Å². The second kappa shape index (κ2) is 4.02. The Labute approximate surface area is 92.2 Å². The van der Waals surface area contributed by atoms with Crippen LogP contribution in [0.25, 0.3) is 0 Å². The number of benzene rings is 1. The average Bonchev–Trinajstić information content (AvgIpc) is 2.28. The first kappa shape index (κ1) is 10.8. The lowest BCUT2D eigenvalue weighted by atomic mass is 10.0. The molecule has 1 unspecified atom stereocenters. The van der Waals surface area contributed by atoms with E-state index in [1.54, 1.807) is 13.0 Å². The van der Waals surface area contributed by atoms with Crippen LogP contribution in [0.5, 0.6) is 11.5 Å². The molecule has 1 aromatic carbocycles. The number of fused-ring (bicyclic) bond motifs is 1. The molecule has 0 saturated heterocycles. The van der Waals surface area contributed by atoms with Crippen molar-refractivity contribution in [3.63, 3.8) is 0 Å². The van der Waals surface area contributed by atoms with Gasteiger partial charge in [0.15, 0.2) is 17.6 Å². The molecule has 5 heteroatoms. The summed E-state index contributed by atoms with van der Waals surface area (Å²) in [5.74, 6) is -0.176. The molecular formula is C11H12O5. The maximum atomic E-state index is 10.7. The topological polar surface area (TPSA) is 76.0 Å². The Bertz CT molecular complexity index is 427. The zero-order valence-electron chi connectivity index (χ0n) is 8.77. The molecule has 1 aromatic rings. The molecule has 0 saturated carbocycles. The minimum absolute atomic E-state index is 0.300. The highest BCUT2D eigenvalue weighted by Gasteiger charge is 2.21. The summed E-state index contributed by atoms with van der Waals surface area (Å²) in [6.45, 7) is 2.69. The zero-order chi connectivity index (χ0) is 11.7. The van der Waals surface area contributed by atoms with Gasteiger partial charge in [0, 0.05) is 0 Å². The van der Waals surface area contributed by atoms with E-state index in [9.17, 15) is 9.90 Å². The van der Waals surface area contributed by atoms with Gasteiger partial charge in [-0.05, 0) is 30.2 Å². The highest BCUT2D eigenvalue weighted by atomic mass is 16.6. The van der Waals surface area contributed by atoms with Crippen molar-refractivity contribution in [2.45, 2.75) is 13.0 Å². The molecule has 1 aliphatic heterocycles. The third-order valence-corrected chi connectivity index (χ3v) is 2.40. The van der Waals surface area contributed by atoms with Crippen LogP contribution in [-0.2, 0) is 4.79 Å². The summed E-state index contributed by atoms with van der Waals surface area (Å²) in [5.41, 5.74) is 1.06. The number of aliphatic carboxylic acids is 1. The fourth-order valence-corrected chi connectivity index (χ4v) is 1.66. The molecule has 1 atom stereocenters. The Hall–Kier alpha value is -1.75. The van der Waals surface area contributed by atoms with Crippen molar-refractivity contribution < 1.29 is 24.5 Å². The van der Waals surface area contributed by atoms with E-state index < -0.39 is 12.1 Å². The van der Waals surface area contributed by atoms with Gasteiger partial charge in [0.25, 0.3) is 0 Å². The molecule has 0 spiro atoms. The quantitative estimate of drug-likeness (QED) is 0.780. The molecule has 2 N–H and O–H groups in total. The van der Waals surface area contributed by atoms with Gasteiger partial charge >= 0.3 is 5.97 Å². The molecular weight excluding hydrogens is 212 g/mol. The fourth-order valence-electron chi connectivity index (χ4n) is 1.66. The van der Waals surface area contributed by atoms with Gasteiger partial charge in [-0.15, -0.1) is 0 Å². The molecule has 5 nitrogen and oxygen atoms in total. The minimum atomic E-state index is -1.53. The maximum Gasteiger partial charge on any atom is 0.337 e. The molecule has 0 aromatic heterocycles. The van der Waals surface area contributed by atoms with Gasteiger partial charge in [0.05, 0.1) is 0 Å².